The van der Waals surface area contributed by atoms with Gasteiger partial charge < -0.3 is 0 Å². The van der Waals surface area contributed by atoms with Crippen LogP contribution in [0.2, 0.25) is 0 Å². The Bertz CT molecular complexity index is 789. The van der Waals surface area contributed by atoms with Gasteiger partial charge in [0, 0.05) is 16.5 Å². The maximum atomic E-state index is 11.5. The van der Waals surface area contributed by atoms with E-state index in [1.54, 1.807) is 15.9 Å². The number of hydrogen-bond donors (Lipinski definition) is 0. The fraction of sp³-hybridized carbons (Fsp3) is 0.267. The first-order valence-electron chi connectivity index (χ1n) is 6.68. The van der Waals surface area contributed by atoms with E-state index in [1.165, 1.54) is 0 Å². The number of hydrogen-bond acceptors (Lipinski definition) is 4. The number of aldehydes is 1. The van der Waals surface area contributed by atoms with E-state index < -0.39 is 0 Å². The van der Waals surface area contributed by atoms with E-state index in [0.717, 1.165) is 32.7 Å². The molecule has 0 fully saturated rings. The summed E-state index contributed by atoms with van der Waals surface area (Å²) in [6, 6.07) is 7.76. The maximum Gasteiger partial charge on any atom is 0.213 e. The Morgan fingerprint density at radius 1 is 1.33 bits per heavy atom. The average molecular weight is 364 g/mol. The first-order chi connectivity index (χ1) is 10.1. The molecule has 6 heteroatoms. The van der Waals surface area contributed by atoms with Crippen LogP contribution >= 0.6 is 27.3 Å². The molecule has 2 aromatic heterocycles. The highest BCUT2D eigenvalue weighted by atomic mass is 79.9. The fourth-order valence-corrected chi connectivity index (χ4v) is 3.54. The number of nitrogens with zero attached hydrogens (tertiary/aromatic N) is 3. The number of halogens is 1. The van der Waals surface area contributed by atoms with Crippen LogP contribution in [0.4, 0.5) is 0 Å². The number of fused-ring (bicyclic) bond motifs is 1. The van der Waals surface area contributed by atoms with E-state index in [9.17, 15) is 4.79 Å². The van der Waals surface area contributed by atoms with Crippen LogP contribution in [0, 0.1) is 5.92 Å². The molecule has 3 rings (SSSR count). The minimum atomic E-state index is 0.513. The number of aromatic nitrogens is 3. The summed E-state index contributed by atoms with van der Waals surface area (Å²) in [6.07, 6.45) is 1.73. The Morgan fingerprint density at radius 2 is 2.05 bits per heavy atom. The summed E-state index contributed by atoms with van der Waals surface area (Å²) in [7, 11) is 0. The van der Waals surface area contributed by atoms with Crippen molar-refractivity contribution < 1.29 is 4.79 Å². The third-order valence-electron chi connectivity index (χ3n) is 3.09. The molecule has 0 atom stereocenters. The SMILES string of the molecule is CC(C)Cc1nn2c(C=O)c(-c3ccc(Br)cc3)nc2s1. The van der Waals surface area contributed by atoms with Crippen molar-refractivity contribution in [2.75, 3.05) is 0 Å². The smallest absolute Gasteiger partial charge is 0.213 e. The molecule has 0 unspecified atom stereocenters. The van der Waals surface area contributed by atoms with Crippen molar-refractivity contribution in [2.24, 2.45) is 5.92 Å². The zero-order valence-electron chi connectivity index (χ0n) is 11.7. The number of benzene rings is 1. The Balaban J connectivity index is 2.10. The molecule has 0 amide bonds. The summed E-state index contributed by atoms with van der Waals surface area (Å²) in [5, 5.41) is 5.53. The molecule has 1 aromatic carbocycles. The first-order valence-corrected chi connectivity index (χ1v) is 8.29. The maximum absolute atomic E-state index is 11.5. The van der Waals surface area contributed by atoms with E-state index in [0.29, 0.717) is 17.3 Å². The van der Waals surface area contributed by atoms with Crippen LogP contribution in [0.1, 0.15) is 29.3 Å². The van der Waals surface area contributed by atoms with Crippen molar-refractivity contribution in [3.8, 4) is 11.3 Å². The van der Waals surface area contributed by atoms with Crippen molar-refractivity contribution in [2.45, 2.75) is 20.3 Å². The van der Waals surface area contributed by atoms with Crippen molar-refractivity contribution in [1.29, 1.82) is 0 Å². The molecule has 2 heterocycles. The highest BCUT2D eigenvalue weighted by Gasteiger charge is 2.17. The van der Waals surface area contributed by atoms with E-state index in [1.807, 2.05) is 24.3 Å². The van der Waals surface area contributed by atoms with Crippen LogP contribution in [-0.2, 0) is 6.42 Å². The molecular formula is C15H14BrN3OS. The van der Waals surface area contributed by atoms with Gasteiger partial charge in [-0.1, -0.05) is 53.2 Å². The van der Waals surface area contributed by atoms with Gasteiger partial charge in [0.25, 0.3) is 0 Å². The van der Waals surface area contributed by atoms with E-state index in [-0.39, 0.29) is 0 Å². The van der Waals surface area contributed by atoms with Gasteiger partial charge in [0.15, 0.2) is 6.29 Å². The highest BCUT2D eigenvalue weighted by molar-refractivity contribution is 9.10. The topological polar surface area (TPSA) is 47.3 Å². The Morgan fingerprint density at radius 3 is 2.67 bits per heavy atom. The molecule has 0 N–H and O–H groups in total. The molecule has 0 saturated heterocycles. The van der Waals surface area contributed by atoms with Crippen LogP contribution in [-0.4, -0.2) is 20.9 Å². The van der Waals surface area contributed by atoms with Gasteiger partial charge in [-0.3, -0.25) is 4.79 Å². The summed E-state index contributed by atoms with van der Waals surface area (Å²) in [4.78, 5) is 16.8. The minimum Gasteiger partial charge on any atom is -0.296 e. The van der Waals surface area contributed by atoms with Crippen molar-refractivity contribution >= 4 is 38.5 Å². The second kappa shape index (κ2) is 5.69. The Kier molecular flexibility index (Phi) is 3.91. The van der Waals surface area contributed by atoms with Gasteiger partial charge in [-0.2, -0.15) is 9.61 Å². The van der Waals surface area contributed by atoms with E-state index in [2.05, 4.69) is 39.9 Å². The lowest BCUT2D eigenvalue weighted by Gasteiger charge is -2.00. The third kappa shape index (κ3) is 2.78. The molecule has 3 aromatic rings. The molecule has 0 aliphatic rings. The van der Waals surface area contributed by atoms with Crippen LogP contribution in [0.15, 0.2) is 28.7 Å². The number of rotatable bonds is 4. The van der Waals surface area contributed by atoms with Crippen LogP contribution < -0.4 is 0 Å². The van der Waals surface area contributed by atoms with E-state index in [4.69, 9.17) is 0 Å². The summed E-state index contributed by atoms with van der Waals surface area (Å²) in [6.45, 7) is 4.30. The molecule has 0 aliphatic heterocycles. The zero-order chi connectivity index (χ0) is 15.0. The average Bonchev–Trinajstić information content (AvgIpc) is 2.95. The van der Waals surface area contributed by atoms with Crippen molar-refractivity contribution in [3.05, 3.63) is 39.4 Å². The lowest BCUT2D eigenvalue weighted by Crippen LogP contribution is -1.98. The van der Waals surface area contributed by atoms with Crippen molar-refractivity contribution in [1.82, 2.24) is 14.6 Å². The first kappa shape index (κ1) is 14.4. The zero-order valence-corrected chi connectivity index (χ0v) is 14.1. The summed E-state index contributed by atoms with van der Waals surface area (Å²) in [5.74, 6) is 0.534. The van der Waals surface area contributed by atoms with Gasteiger partial charge in [-0.25, -0.2) is 4.98 Å². The minimum absolute atomic E-state index is 0.513. The molecule has 21 heavy (non-hydrogen) atoms. The molecule has 0 spiro atoms. The van der Waals surface area contributed by atoms with Gasteiger partial charge in [-0.15, -0.1) is 0 Å². The van der Waals surface area contributed by atoms with Gasteiger partial charge >= 0.3 is 0 Å². The molecule has 0 saturated carbocycles. The predicted octanol–water partition coefficient (Wildman–Crippen LogP) is 4.23. The van der Waals surface area contributed by atoms with Crippen LogP contribution in [0.25, 0.3) is 16.2 Å². The van der Waals surface area contributed by atoms with Crippen molar-refractivity contribution in [3.63, 3.8) is 0 Å². The normalized spacial score (nSPS) is 11.4. The summed E-state index contributed by atoms with van der Waals surface area (Å²) >= 11 is 4.95. The fourth-order valence-electron chi connectivity index (χ4n) is 2.16. The Labute approximate surface area is 135 Å². The van der Waals surface area contributed by atoms with Gasteiger partial charge in [-0.05, 0) is 18.1 Å². The molecule has 0 aliphatic carbocycles. The van der Waals surface area contributed by atoms with Gasteiger partial charge in [0.1, 0.15) is 16.4 Å². The highest BCUT2D eigenvalue weighted by Crippen LogP contribution is 2.27. The largest absolute Gasteiger partial charge is 0.296 e. The second-order valence-electron chi connectivity index (χ2n) is 5.26. The molecular weight excluding hydrogens is 350 g/mol. The quantitative estimate of drug-likeness (QED) is 0.651. The molecule has 0 bridgehead atoms. The third-order valence-corrected chi connectivity index (χ3v) is 4.55. The molecule has 0 radical (unpaired) electrons. The van der Waals surface area contributed by atoms with Gasteiger partial charge in [0.2, 0.25) is 4.96 Å². The summed E-state index contributed by atoms with van der Waals surface area (Å²) < 4.78 is 2.66. The Hall–Kier alpha value is -1.53. The summed E-state index contributed by atoms with van der Waals surface area (Å²) in [5.41, 5.74) is 2.12. The lowest BCUT2D eigenvalue weighted by atomic mass is 10.1. The van der Waals surface area contributed by atoms with Crippen LogP contribution in [0.5, 0.6) is 0 Å². The van der Waals surface area contributed by atoms with E-state index >= 15 is 0 Å². The number of imidazole rings is 1. The lowest BCUT2D eigenvalue weighted by molar-refractivity contribution is 0.111. The molecule has 4 nitrogen and oxygen atoms in total. The van der Waals surface area contributed by atoms with Crippen LogP contribution in [0.3, 0.4) is 0 Å². The second-order valence-corrected chi connectivity index (χ2v) is 7.21. The monoisotopic (exact) mass is 363 g/mol. The predicted molar refractivity (Wildman–Crippen MR) is 87.9 cm³/mol. The number of carbonyl (C=O) groups excluding carboxylic acids is 1. The molecule has 108 valence electrons. The van der Waals surface area contributed by atoms with Gasteiger partial charge in [0.05, 0.1) is 0 Å². The number of carbonyl (C=O) groups is 1. The standard InChI is InChI=1S/C15H14BrN3OS/c1-9(2)7-13-18-19-12(8-20)14(17-15(19)21-13)10-3-5-11(16)6-4-10/h3-6,8-9H,7H2,1-2H3.